The predicted molar refractivity (Wildman–Crippen MR) is 63.0 cm³/mol. The average molecular weight is 203 g/mol. The SMILES string of the molecule is CC[SiH](C)C.Cl.c1ccccc1. The largest absolute Gasteiger partial charge is 0.147 e. The number of hydrogen-bond donors (Lipinski definition) is 0. The zero-order valence-corrected chi connectivity index (χ0v) is 10.1. The summed E-state index contributed by atoms with van der Waals surface area (Å²) >= 11 is 0. The van der Waals surface area contributed by atoms with Gasteiger partial charge in [-0.2, -0.15) is 0 Å². The first kappa shape index (κ1) is 14.3. The van der Waals surface area contributed by atoms with E-state index in [-0.39, 0.29) is 21.2 Å². The van der Waals surface area contributed by atoms with Crippen molar-refractivity contribution in [2.75, 3.05) is 0 Å². The third-order valence-electron chi connectivity index (χ3n) is 1.48. The van der Waals surface area contributed by atoms with Gasteiger partial charge >= 0.3 is 0 Å². The Labute approximate surface area is 84.0 Å². The van der Waals surface area contributed by atoms with Crippen LogP contribution in [0.5, 0.6) is 0 Å². The van der Waals surface area contributed by atoms with E-state index in [0.29, 0.717) is 0 Å². The van der Waals surface area contributed by atoms with Crippen LogP contribution in [0.3, 0.4) is 0 Å². The Morgan fingerprint density at radius 1 is 0.833 bits per heavy atom. The lowest BCUT2D eigenvalue weighted by atomic mass is 10.4. The summed E-state index contributed by atoms with van der Waals surface area (Å²) in [6.45, 7) is 6.98. The van der Waals surface area contributed by atoms with Gasteiger partial charge < -0.3 is 0 Å². The Bertz CT molecular complexity index is 124. The maximum Gasteiger partial charge on any atom is 0.0302 e. The molecule has 0 saturated heterocycles. The Kier molecular flexibility index (Phi) is 12.7. The smallest absolute Gasteiger partial charge is 0.0302 e. The molecule has 1 aromatic carbocycles. The molecule has 12 heavy (non-hydrogen) atoms. The summed E-state index contributed by atoms with van der Waals surface area (Å²) in [6, 6.07) is 13.4. The summed E-state index contributed by atoms with van der Waals surface area (Å²) < 4.78 is 0. The van der Waals surface area contributed by atoms with Gasteiger partial charge in [-0.1, -0.05) is 62.5 Å². The van der Waals surface area contributed by atoms with E-state index in [0.717, 1.165) is 0 Å². The molecule has 2 heteroatoms. The van der Waals surface area contributed by atoms with Crippen molar-refractivity contribution in [2.24, 2.45) is 0 Å². The minimum absolute atomic E-state index is 0. The van der Waals surface area contributed by atoms with Gasteiger partial charge in [0, 0.05) is 8.80 Å². The molecule has 0 aliphatic carbocycles. The molecule has 0 heterocycles. The molecule has 0 amide bonds. The Balaban J connectivity index is 0. The van der Waals surface area contributed by atoms with Crippen LogP contribution in [0.1, 0.15) is 6.92 Å². The number of halogens is 1. The Morgan fingerprint density at radius 3 is 1.08 bits per heavy atom. The molecule has 0 fully saturated rings. The highest BCUT2D eigenvalue weighted by molar-refractivity contribution is 6.55. The van der Waals surface area contributed by atoms with Crippen molar-refractivity contribution >= 4 is 21.2 Å². The lowest BCUT2D eigenvalue weighted by Gasteiger charge is -1.87. The number of hydrogen-bond acceptors (Lipinski definition) is 0. The fourth-order valence-electron chi connectivity index (χ4n) is 0.385. The van der Waals surface area contributed by atoms with Crippen molar-refractivity contribution in [1.29, 1.82) is 0 Å². The molecule has 70 valence electrons. The Morgan fingerprint density at radius 2 is 1.00 bits per heavy atom. The molecule has 0 aliphatic rings. The highest BCUT2D eigenvalue weighted by Gasteiger charge is 1.82. The van der Waals surface area contributed by atoms with E-state index < -0.39 is 0 Å². The predicted octanol–water partition coefficient (Wildman–Crippen LogP) is 3.60. The van der Waals surface area contributed by atoms with Crippen LogP contribution in [0.4, 0.5) is 0 Å². The third kappa shape index (κ3) is 12.4. The molecule has 0 unspecified atom stereocenters. The van der Waals surface area contributed by atoms with Gasteiger partial charge in [0.2, 0.25) is 0 Å². The van der Waals surface area contributed by atoms with Crippen LogP contribution in [0.25, 0.3) is 0 Å². The van der Waals surface area contributed by atoms with Crippen LogP contribution >= 0.6 is 12.4 Å². The first-order valence-corrected chi connectivity index (χ1v) is 7.40. The number of benzene rings is 1. The summed E-state index contributed by atoms with van der Waals surface area (Å²) in [5, 5.41) is 0. The lowest BCUT2D eigenvalue weighted by Crippen LogP contribution is -1.92. The highest BCUT2D eigenvalue weighted by Crippen LogP contribution is 1.83. The second-order valence-corrected chi connectivity index (χ2v) is 6.56. The molecule has 0 saturated carbocycles. The van der Waals surface area contributed by atoms with Crippen LogP contribution in [-0.4, -0.2) is 8.80 Å². The topological polar surface area (TPSA) is 0 Å². The fraction of sp³-hybridized carbons (Fsp3) is 0.400. The van der Waals surface area contributed by atoms with Crippen molar-refractivity contribution in [3.63, 3.8) is 0 Å². The molecule has 0 bridgehead atoms. The standard InChI is InChI=1S/C6H6.C4H12Si.ClH/c1-2-4-6-5-3-1;1-4-5(2)3;/h1-6H;5H,4H2,1-3H3;1H. The first-order chi connectivity index (χ1) is 5.27. The molecule has 0 radical (unpaired) electrons. The molecule has 0 atom stereocenters. The normalized spacial score (nSPS) is 8.00. The van der Waals surface area contributed by atoms with Gasteiger partial charge in [-0.05, 0) is 0 Å². The maximum absolute atomic E-state index is 2.36. The summed E-state index contributed by atoms with van der Waals surface area (Å²) in [6.07, 6.45) is 0. The quantitative estimate of drug-likeness (QED) is 0.611. The summed E-state index contributed by atoms with van der Waals surface area (Å²) in [5.74, 6) is 0. The van der Waals surface area contributed by atoms with E-state index in [1.54, 1.807) is 0 Å². The van der Waals surface area contributed by atoms with Crippen molar-refractivity contribution in [3.05, 3.63) is 36.4 Å². The van der Waals surface area contributed by atoms with Gasteiger partial charge in [0.05, 0.1) is 0 Å². The van der Waals surface area contributed by atoms with E-state index in [4.69, 9.17) is 0 Å². The van der Waals surface area contributed by atoms with Crippen LogP contribution in [0.15, 0.2) is 36.4 Å². The maximum atomic E-state index is 2.36. The van der Waals surface area contributed by atoms with E-state index in [9.17, 15) is 0 Å². The average Bonchev–Trinajstić information content (AvgIpc) is 2.09. The molecule has 0 nitrogen and oxygen atoms in total. The molecular weight excluding hydrogens is 184 g/mol. The van der Waals surface area contributed by atoms with Gasteiger partial charge in [-0.25, -0.2) is 0 Å². The highest BCUT2D eigenvalue weighted by atomic mass is 35.5. The van der Waals surface area contributed by atoms with Gasteiger partial charge in [0.15, 0.2) is 0 Å². The van der Waals surface area contributed by atoms with E-state index in [1.165, 1.54) is 6.04 Å². The molecular formula is C10H19ClSi. The monoisotopic (exact) mass is 202 g/mol. The van der Waals surface area contributed by atoms with Crippen LogP contribution < -0.4 is 0 Å². The van der Waals surface area contributed by atoms with Crippen LogP contribution in [0.2, 0.25) is 19.1 Å². The van der Waals surface area contributed by atoms with Crippen molar-refractivity contribution < 1.29 is 0 Å². The molecule has 1 aromatic rings. The minimum Gasteiger partial charge on any atom is -0.147 e. The molecule has 0 aromatic heterocycles. The van der Waals surface area contributed by atoms with E-state index in [1.807, 2.05) is 36.4 Å². The third-order valence-corrected chi connectivity index (χ3v) is 3.12. The van der Waals surface area contributed by atoms with Crippen LogP contribution in [0, 0.1) is 0 Å². The van der Waals surface area contributed by atoms with Crippen molar-refractivity contribution in [1.82, 2.24) is 0 Å². The summed E-state index contributed by atoms with van der Waals surface area (Å²) in [4.78, 5) is 0. The summed E-state index contributed by atoms with van der Waals surface area (Å²) in [7, 11) is -0.150. The second-order valence-electron chi connectivity index (χ2n) is 2.96. The van der Waals surface area contributed by atoms with Crippen molar-refractivity contribution in [3.8, 4) is 0 Å². The first-order valence-electron chi connectivity index (χ1n) is 4.27. The summed E-state index contributed by atoms with van der Waals surface area (Å²) in [5.41, 5.74) is 0. The molecule has 0 aliphatic heterocycles. The van der Waals surface area contributed by atoms with Gasteiger partial charge in [0.25, 0.3) is 0 Å². The fourth-order valence-corrected chi connectivity index (χ4v) is 0.385. The van der Waals surface area contributed by atoms with E-state index >= 15 is 0 Å². The Hall–Kier alpha value is -0.273. The van der Waals surface area contributed by atoms with Gasteiger partial charge in [-0.15, -0.1) is 12.4 Å². The van der Waals surface area contributed by atoms with Crippen molar-refractivity contribution in [2.45, 2.75) is 26.1 Å². The lowest BCUT2D eigenvalue weighted by molar-refractivity contribution is 1.41. The van der Waals surface area contributed by atoms with Crippen LogP contribution in [-0.2, 0) is 0 Å². The zero-order chi connectivity index (χ0) is 8.53. The molecule has 1 rings (SSSR count). The molecule has 0 spiro atoms. The van der Waals surface area contributed by atoms with Gasteiger partial charge in [0.1, 0.15) is 0 Å². The number of rotatable bonds is 1. The second kappa shape index (κ2) is 10.7. The minimum atomic E-state index is -0.150. The molecule has 0 N–H and O–H groups in total. The van der Waals surface area contributed by atoms with Gasteiger partial charge in [-0.3, -0.25) is 0 Å². The van der Waals surface area contributed by atoms with E-state index in [2.05, 4.69) is 20.0 Å². The zero-order valence-electron chi connectivity index (χ0n) is 8.16.